The highest BCUT2D eigenvalue weighted by atomic mass is 32.2. The molecule has 2 rings (SSSR count). The van der Waals surface area contributed by atoms with Gasteiger partial charge < -0.3 is 10.4 Å². The molecule has 1 aliphatic rings. The van der Waals surface area contributed by atoms with Crippen LogP contribution in [0.25, 0.3) is 0 Å². The van der Waals surface area contributed by atoms with E-state index in [1.807, 2.05) is 0 Å². The van der Waals surface area contributed by atoms with Gasteiger partial charge in [0, 0.05) is 17.6 Å². The molecular formula is C12H17N3O2S. The minimum Gasteiger partial charge on any atom is -0.480 e. The summed E-state index contributed by atoms with van der Waals surface area (Å²) in [5.41, 5.74) is -0.780. The molecule has 98 valence electrons. The van der Waals surface area contributed by atoms with Gasteiger partial charge in [-0.05, 0) is 32.7 Å². The van der Waals surface area contributed by atoms with Crippen molar-refractivity contribution in [2.24, 2.45) is 0 Å². The van der Waals surface area contributed by atoms with E-state index in [1.165, 1.54) is 0 Å². The number of aliphatic carboxylic acids is 1. The van der Waals surface area contributed by atoms with E-state index in [-0.39, 0.29) is 5.25 Å². The molecule has 6 heteroatoms. The Kier molecular flexibility index (Phi) is 4.19. The van der Waals surface area contributed by atoms with E-state index >= 15 is 0 Å². The summed E-state index contributed by atoms with van der Waals surface area (Å²) in [4.78, 5) is 19.7. The molecule has 0 aromatic carbocycles. The third-order valence-electron chi connectivity index (χ3n) is 3.42. The van der Waals surface area contributed by atoms with Crippen molar-refractivity contribution >= 4 is 17.7 Å². The van der Waals surface area contributed by atoms with Gasteiger partial charge in [0.25, 0.3) is 0 Å². The van der Waals surface area contributed by atoms with Crippen LogP contribution in [-0.4, -0.2) is 38.9 Å². The zero-order valence-corrected chi connectivity index (χ0v) is 11.1. The number of hydrogen-bond acceptors (Lipinski definition) is 5. The minimum atomic E-state index is -0.780. The van der Waals surface area contributed by atoms with E-state index in [9.17, 15) is 9.90 Å². The molecule has 2 unspecified atom stereocenters. The van der Waals surface area contributed by atoms with Crippen molar-refractivity contribution in [3.63, 3.8) is 0 Å². The predicted octanol–water partition coefficient (Wildman–Crippen LogP) is 1.55. The first-order valence-corrected chi connectivity index (χ1v) is 6.89. The Morgan fingerprint density at radius 1 is 1.61 bits per heavy atom. The second-order valence-corrected chi connectivity index (χ2v) is 5.84. The molecule has 2 N–H and O–H groups in total. The van der Waals surface area contributed by atoms with Gasteiger partial charge in [-0.15, -0.1) is 11.8 Å². The van der Waals surface area contributed by atoms with Crippen LogP contribution in [0.1, 0.15) is 25.7 Å². The number of rotatable bonds is 4. The Labute approximate surface area is 110 Å². The van der Waals surface area contributed by atoms with Gasteiger partial charge >= 0.3 is 5.97 Å². The Balaban J connectivity index is 2.05. The molecule has 0 radical (unpaired) electrons. The maximum Gasteiger partial charge on any atom is 0.323 e. The van der Waals surface area contributed by atoms with Gasteiger partial charge in [0.1, 0.15) is 10.6 Å². The first-order chi connectivity index (χ1) is 8.66. The quantitative estimate of drug-likeness (QED) is 0.862. The van der Waals surface area contributed by atoms with Gasteiger partial charge in [-0.1, -0.05) is 0 Å². The lowest BCUT2D eigenvalue weighted by molar-refractivity contribution is -0.146. The molecule has 2 atom stereocenters. The average Bonchev–Trinajstić information content (AvgIpc) is 2.40. The SMILES string of the molecule is CNC1(C(=O)O)CCCC(Sc2cnccn2)C1. The van der Waals surface area contributed by atoms with Crippen LogP contribution >= 0.6 is 11.8 Å². The fourth-order valence-electron chi connectivity index (χ4n) is 2.37. The van der Waals surface area contributed by atoms with Crippen molar-refractivity contribution in [2.75, 3.05) is 7.05 Å². The molecule has 0 saturated heterocycles. The highest BCUT2D eigenvalue weighted by Crippen LogP contribution is 2.37. The van der Waals surface area contributed by atoms with E-state index in [1.54, 1.807) is 37.4 Å². The lowest BCUT2D eigenvalue weighted by Crippen LogP contribution is -2.53. The first-order valence-electron chi connectivity index (χ1n) is 6.01. The van der Waals surface area contributed by atoms with Crippen LogP contribution in [-0.2, 0) is 4.79 Å². The molecule has 0 aliphatic heterocycles. The first kappa shape index (κ1) is 13.3. The molecule has 1 aromatic heterocycles. The second kappa shape index (κ2) is 5.67. The summed E-state index contributed by atoms with van der Waals surface area (Å²) in [5.74, 6) is -0.755. The Hall–Kier alpha value is -1.14. The number of thioether (sulfide) groups is 1. The van der Waals surface area contributed by atoms with Crippen LogP contribution in [0.4, 0.5) is 0 Å². The van der Waals surface area contributed by atoms with Crippen molar-refractivity contribution in [2.45, 2.75) is 41.5 Å². The predicted molar refractivity (Wildman–Crippen MR) is 69.6 cm³/mol. The van der Waals surface area contributed by atoms with Crippen molar-refractivity contribution in [1.29, 1.82) is 0 Å². The van der Waals surface area contributed by atoms with Crippen molar-refractivity contribution in [1.82, 2.24) is 15.3 Å². The standard InChI is InChI=1S/C12H17N3O2S/c1-13-12(11(16)17)4-2-3-9(7-12)18-10-8-14-5-6-15-10/h5-6,8-9,13H,2-4,7H2,1H3,(H,16,17). The fourth-order valence-corrected chi connectivity index (χ4v) is 3.61. The zero-order valence-electron chi connectivity index (χ0n) is 10.3. The smallest absolute Gasteiger partial charge is 0.323 e. The summed E-state index contributed by atoms with van der Waals surface area (Å²) >= 11 is 1.62. The van der Waals surface area contributed by atoms with Gasteiger partial charge in [-0.3, -0.25) is 9.78 Å². The maximum absolute atomic E-state index is 11.4. The summed E-state index contributed by atoms with van der Waals surface area (Å²) in [7, 11) is 1.73. The summed E-state index contributed by atoms with van der Waals surface area (Å²) < 4.78 is 0. The van der Waals surface area contributed by atoms with E-state index in [2.05, 4.69) is 15.3 Å². The normalized spacial score (nSPS) is 27.9. The fraction of sp³-hybridized carbons (Fsp3) is 0.583. The number of carbonyl (C=O) groups is 1. The lowest BCUT2D eigenvalue weighted by Gasteiger charge is -2.36. The Morgan fingerprint density at radius 3 is 3.06 bits per heavy atom. The minimum absolute atomic E-state index is 0.277. The summed E-state index contributed by atoms with van der Waals surface area (Å²) in [5, 5.41) is 13.5. The van der Waals surface area contributed by atoms with E-state index in [0.29, 0.717) is 12.8 Å². The summed E-state index contributed by atoms with van der Waals surface area (Å²) in [6.07, 6.45) is 8.29. The van der Waals surface area contributed by atoms with Crippen LogP contribution in [0.3, 0.4) is 0 Å². The van der Waals surface area contributed by atoms with Gasteiger partial charge in [0.05, 0.1) is 6.20 Å². The Bertz CT molecular complexity index is 415. The molecule has 1 aliphatic carbocycles. The number of aromatic nitrogens is 2. The zero-order chi connectivity index (χ0) is 13.0. The average molecular weight is 267 g/mol. The topological polar surface area (TPSA) is 75.1 Å². The molecule has 5 nitrogen and oxygen atoms in total. The number of hydrogen-bond donors (Lipinski definition) is 2. The molecule has 18 heavy (non-hydrogen) atoms. The maximum atomic E-state index is 11.4. The van der Waals surface area contributed by atoms with E-state index < -0.39 is 11.5 Å². The molecule has 1 aromatic rings. The number of likely N-dealkylation sites (N-methyl/N-ethyl adjacent to an activating group) is 1. The molecule has 1 fully saturated rings. The molecule has 0 amide bonds. The van der Waals surface area contributed by atoms with Crippen molar-refractivity contribution in [3.8, 4) is 0 Å². The van der Waals surface area contributed by atoms with Gasteiger partial charge in [0.15, 0.2) is 0 Å². The van der Waals surface area contributed by atoms with Crippen LogP contribution in [0, 0.1) is 0 Å². The van der Waals surface area contributed by atoms with Gasteiger partial charge in [-0.2, -0.15) is 0 Å². The molecule has 1 heterocycles. The summed E-state index contributed by atoms with van der Waals surface area (Å²) in [6.45, 7) is 0. The van der Waals surface area contributed by atoms with Crippen molar-refractivity contribution in [3.05, 3.63) is 18.6 Å². The monoisotopic (exact) mass is 267 g/mol. The summed E-state index contributed by atoms with van der Waals surface area (Å²) in [6, 6.07) is 0. The third-order valence-corrected chi connectivity index (χ3v) is 4.61. The van der Waals surface area contributed by atoms with Gasteiger partial charge in [-0.25, -0.2) is 4.98 Å². The van der Waals surface area contributed by atoms with Crippen LogP contribution in [0.15, 0.2) is 23.6 Å². The van der Waals surface area contributed by atoms with Gasteiger partial charge in [0.2, 0.25) is 0 Å². The van der Waals surface area contributed by atoms with Crippen molar-refractivity contribution < 1.29 is 9.90 Å². The van der Waals surface area contributed by atoms with Crippen LogP contribution < -0.4 is 5.32 Å². The molecule has 1 saturated carbocycles. The highest BCUT2D eigenvalue weighted by Gasteiger charge is 2.41. The highest BCUT2D eigenvalue weighted by molar-refractivity contribution is 7.99. The Morgan fingerprint density at radius 2 is 2.44 bits per heavy atom. The number of nitrogens with one attached hydrogen (secondary N) is 1. The largest absolute Gasteiger partial charge is 0.480 e. The van der Waals surface area contributed by atoms with Crippen LogP contribution in [0.5, 0.6) is 0 Å². The van der Waals surface area contributed by atoms with E-state index in [0.717, 1.165) is 17.9 Å². The molecule has 0 spiro atoms. The second-order valence-electron chi connectivity index (χ2n) is 4.52. The third kappa shape index (κ3) is 2.81. The number of carboxylic acid groups (broad SMARTS) is 1. The lowest BCUT2D eigenvalue weighted by atomic mass is 9.81. The van der Waals surface area contributed by atoms with E-state index in [4.69, 9.17) is 0 Å². The number of carboxylic acids is 1. The molecular weight excluding hydrogens is 250 g/mol. The molecule has 0 bridgehead atoms. The van der Waals surface area contributed by atoms with Crippen LogP contribution in [0.2, 0.25) is 0 Å². The number of nitrogens with zero attached hydrogens (tertiary/aromatic N) is 2.